The van der Waals surface area contributed by atoms with E-state index in [-0.39, 0.29) is 5.41 Å². The van der Waals surface area contributed by atoms with Crippen molar-refractivity contribution in [3.8, 4) is 5.82 Å². The molecule has 1 aromatic carbocycles. The maximum atomic E-state index is 4.47. The van der Waals surface area contributed by atoms with Crippen molar-refractivity contribution in [1.82, 2.24) is 25.2 Å². The highest BCUT2D eigenvalue weighted by Gasteiger charge is 2.20. The number of nitrogens with zero attached hydrogens (tertiary/aromatic N) is 4. The molecule has 0 aliphatic carbocycles. The Bertz CT molecular complexity index is 851. The molecule has 2 N–H and O–H groups in total. The van der Waals surface area contributed by atoms with Gasteiger partial charge >= 0.3 is 0 Å². The van der Waals surface area contributed by atoms with Crippen LogP contribution in [-0.4, -0.2) is 34.1 Å². The van der Waals surface area contributed by atoms with Gasteiger partial charge in [0.2, 0.25) is 0 Å². The summed E-state index contributed by atoms with van der Waals surface area (Å²) < 4.78 is 1.88. The Morgan fingerprint density at radius 1 is 1.11 bits per heavy atom. The zero-order valence-corrected chi connectivity index (χ0v) is 16.1. The second-order valence-electron chi connectivity index (χ2n) is 7.02. The molecule has 0 aliphatic rings. The molecule has 3 rings (SSSR count). The predicted molar refractivity (Wildman–Crippen MR) is 109 cm³/mol. The van der Waals surface area contributed by atoms with Gasteiger partial charge in [-0.15, -0.1) is 0 Å². The van der Waals surface area contributed by atoms with Gasteiger partial charge in [-0.05, 0) is 17.2 Å². The Hall–Kier alpha value is -3.15. The molecule has 27 heavy (non-hydrogen) atoms. The number of hydrogen-bond donors (Lipinski definition) is 2. The van der Waals surface area contributed by atoms with Crippen molar-refractivity contribution in [2.45, 2.75) is 25.8 Å². The second-order valence-corrected chi connectivity index (χ2v) is 7.02. The summed E-state index contributed by atoms with van der Waals surface area (Å²) in [4.78, 5) is 12.8. The summed E-state index contributed by atoms with van der Waals surface area (Å²) in [6.07, 6.45) is 7.22. The number of pyridine rings is 1. The summed E-state index contributed by atoms with van der Waals surface area (Å²) in [5.41, 5.74) is 2.39. The van der Waals surface area contributed by atoms with Crippen LogP contribution in [0.1, 0.15) is 25.0 Å². The average Bonchev–Trinajstić information content (AvgIpc) is 3.24. The highest BCUT2D eigenvalue weighted by Crippen LogP contribution is 2.21. The number of guanidine groups is 1. The zero-order valence-electron chi connectivity index (χ0n) is 16.1. The number of benzene rings is 1. The van der Waals surface area contributed by atoms with Crippen LogP contribution in [-0.2, 0) is 12.0 Å². The fourth-order valence-corrected chi connectivity index (χ4v) is 2.77. The van der Waals surface area contributed by atoms with Gasteiger partial charge in [0.25, 0.3) is 0 Å². The molecule has 0 radical (unpaired) electrons. The molecule has 0 spiro atoms. The number of nitrogens with one attached hydrogen (secondary N) is 2. The van der Waals surface area contributed by atoms with E-state index >= 15 is 0 Å². The summed E-state index contributed by atoms with van der Waals surface area (Å²) in [5.74, 6) is 1.63. The van der Waals surface area contributed by atoms with Gasteiger partial charge in [0, 0.05) is 44.1 Å². The summed E-state index contributed by atoms with van der Waals surface area (Å²) in [6, 6.07) is 14.5. The van der Waals surface area contributed by atoms with Crippen molar-refractivity contribution in [1.29, 1.82) is 0 Å². The van der Waals surface area contributed by atoms with E-state index in [4.69, 9.17) is 0 Å². The molecule has 0 atom stereocenters. The van der Waals surface area contributed by atoms with Crippen LogP contribution in [0.3, 0.4) is 0 Å². The van der Waals surface area contributed by atoms with Gasteiger partial charge in [0.15, 0.2) is 5.96 Å². The Balaban J connectivity index is 1.53. The maximum absolute atomic E-state index is 4.47. The predicted octanol–water partition coefficient (Wildman–Crippen LogP) is 2.91. The van der Waals surface area contributed by atoms with Crippen LogP contribution in [0.4, 0.5) is 0 Å². The number of aromatic nitrogens is 3. The first-order valence-electron chi connectivity index (χ1n) is 9.02. The van der Waals surface area contributed by atoms with Crippen LogP contribution in [0, 0.1) is 0 Å². The van der Waals surface area contributed by atoms with Gasteiger partial charge < -0.3 is 10.6 Å². The largest absolute Gasteiger partial charge is 0.356 e. The first-order valence-corrected chi connectivity index (χ1v) is 9.02. The van der Waals surface area contributed by atoms with Crippen molar-refractivity contribution in [3.63, 3.8) is 0 Å². The summed E-state index contributed by atoms with van der Waals surface area (Å²) in [5, 5.41) is 6.76. The van der Waals surface area contributed by atoms with E-state index in [0.717, 1.165) is 23.9 Å². The fourth-order valence-electron chi connectivity index (χ4n) is 2.77. The molecule has 0 fully saturated rings. The average molecular weight is 362 g/mol. The Kier molecular flexibility index (Phi) is 5.86. The molecule has 2 heterocycles. The van der Waals surface area contributed by atoms with E-state index in [0.29, 0.717) is 6.54 Å². The third kappa shape index (κ3) is 4.94. The van der Waals surface area contributed by atoms with Crippen molar-refractivity contribution in [3.05, 3.63) is 78.5 Å². The van der Waals surface area contributed by atoms with E-state index in [1.54, 1.807) is 19.6 Å². The summed E-state index contributed by atoms with van der Waals surface area (Å²) in [6.45, 7) is 5.89. The van der Waals surface area contributed by atoms with Gasteiger partial charge in [-0.3, -0.25) is 9.56 Å². The molecule has 0 bridgehead atoms. The minimum atomic E-state index is 0.00683. The number of rotatable bonds is 6. The quantitative estimate of drug-likeness (QED) is 0.523. The Labute approximate surface area is 160 Å². The Morgan fingerprint density at radius 3 is 2.56 bits per heavy atom. The van der Waals surface area contributed by atoms with E-state index in [1.165, 1.54) is 5.56 Å². The SMILES string of the molecule is CN=C(NCc1ccc(-n2ccnc2)nc1)NCC(C)(C)c1ccccc1. The highest BCUT2D eigenvalue weighted by atomic mass is 15.2. The van der Waals surface area contributed by atoms with Crippen molar-refractivity contribution >= 4 is 5.96 Å². The molecule has 2 aromatic heterocycles. The lowest BCUT2D eigenvalue weighted by molar-refractivity contribution is 0.508. The third-order valence-electron chi connectivity index (χ3n) is 4.51. The van der Waals surface area contributed by atoms with Gasteiger partial charge in [-0.1, -0.05) is 50.2 Å². The molecule has 0 amide bonds. The van der Waals surface area contributed by atoms with Crippen molar-refractivity contribution < 1.29 is 0 Å². The molecule has 0 saturated heterocycles. The normalized spacial score (nSPS) is 12.0. The van der Waals surface area contributed by atoms with Crippen LogP contribution in [0.25, 0.3) is 5.82 Å². The van der Waals surface area contributed by atoms with E-state index in [9.17, 15) is 0 Å². The smallest absolute Gasteiger partial charge is 0.191 e. The second kappa shape index (κ2) is 8.49. The van der Waals surface area contributed by atoms with E-state index < -0.39 is 0 Å². The molecular formula is C21H26N6. The van der Waals surface area contributed by atoms with Crippen LogP contribution >= 0.6 is 0 Å². The summed E-state index contributed by atoms with van der Waals surface area (Å²) >= 11 is 0. The number of aliphatic imine (C=N–C) groups is 1. The minimum absolute atomic E-state index is 0.00683. The van der Waals surface area contributed by atoms with E-state index in [1.807, 2.05) is 29.1 Å². The summed E-state index contributed by atoms with van der Waals surface area (Å²) in [7, 11) is 1.78. The molecule has 0 saturated carbocycles. The first-order chi connectivity index (χ1) is 13.1. The van der Waals surface area contributed by atoms with E-state index in [2.05, 4.69) is 69.8 Å². The Morgan fingerprint density at radius 2 is 1.93 bits per heavy atom. The van der Waals surface area contributed by atoms with Crippen LogP contribution in [0.15, 0.2) is 72.4 Å². The third-order valence-corrected chi connectivity index (χ3v) is 4.51. The fraction of sp³-hybridized carbons (Fsp3) is 0.286. The molecular weight excluding hydrogens is 336 g/mol. The van der Waals surface area contributed by atoms with Gasteiger partial charge in [0.05, 0.1) is 0 Å². The van der Waals surface area contributed by atoms with Gasteiger partial charge in [-0.2, -0.15) is 0 Å². The molecule has 0 aliphatic heterocycles. The lowest BCUT2D eigenvalue weighted by Gasteiger charge is -2.26. The van der Waals surface area contributed by atoms with Crippen LogP contribution in [0.5, 0.6) is 0 Å². The lowest BCUT2D eigenvalue weighted by atomic mass is 9.85. The number of hydrogen-bond acceptors (Lipinski definition) is 3. The molecule has 140 valence electrons. The molecule has 6 nitrogen and oxygen atoms in total. The molecule has 6 heteroatoms. The van der Waals surface area contributed by atoms with Crippen LogP contribution in [0.2, 0.25) is 0 Å². The standard InChI is InChI=1S/C21H26N6/c1-21(2,18-7-5-4-6-8-18)15-26-20(22-3)25-14-17-9-10-19(24-13-17)27-12-11-23-16-27/h4-13,16H,14-15H2,1-3H3,(H2,22,25,26). The highest BCUT2D eigenvalue weighted by molar-refractivity contribution is 5.79. The number of imidazole rings is 1. The minimum Gasteiger partial charge on any atom is -0.356 e. The first kappa shape index (κ1) is 18.6. The van der Waals surface area contributed by atoms with Crippen molar-refractivity contribution in [2.24, 2.45) is 4.99 Å². The molecule has 3 aromatic rings. The van der Waals surface area contributed by atoms with Gasteiger partial charge in [0.1, 0.15) is 12.1 Å². The topological polar surface area (TPSA) is 67.1 Å². The lowest BCUT2D eigenvalue weighted by Crippen LogP contribution is -2.43. The van der Waals surface area contributed by atoms with Gasteiger partial charge in [-0.25, -0.2) is 9.97 Å². The van der Waals surface area contributed by atoms with Crippen LogP contribution < -0.4 is 10.6 Å². The monoisotopic (exact) mass is 362 g/mol. The van der Waals surface area contributed by atoms with Crippen molar-refractivity contribution in [2.75, 3.05) is 13.6 Å². The zero-order chi connectivity index (χ0) is 19.1. The maximum Gasteiger partial charge on any atom is 0.191 e. The molecule has 0 unspecified atom stereocenters.